The van der Waals surface area contributed by atoms with Crippen LogP contribution in [0, 0.1) is 0 Å². The maximum atomic E-state index is 13.4. The van der Waals surface area contributed by atoms with Crippen LogP contribution < -0.4 is 10.9 Å². The number of rotatable bonds is 7. The lowest BCUT2D eigenvalue weighted by atomic mass is 9.85. The zero-order chi connectivity index (χ0) is 28.3. The fourth-order valence-corrected chi connectivity index (χ4v) is 6.23. The molecular weight excluding hydrogens is 568 g/mol. The molecule has 2 fully saturated rings. The van der Waals surface area contributed by atoms with Gasteiger partial charge in [0.05, 0.1) is 12.3 Å². The van der Waals surface area contributed by atoms with E-state index in [-0.39, 0.29) is 16.9 Å². The molecule has 40 heavy (non-hydrogen) atoms. The van der Waals surface area contributed by atoms with Crippen molar-refractivity contribution in [1.82, 2.24) is 20.3 Å². The number of nitrogens with zero attached hydrogens (tertiary/aromatic N) is 2. The van der Waals surface area contributed by atoms with Gasteiger partial charge < -0.3 is 9.88 Å². The molecule has 2 aromatic carbocycles. The van der Waals surface area contributed by atoms with Crippen LogP contribution in [0.15, 0.2) is 63.4 Å². The van der Waals surface area contributed by atoms with E-state index in [4.69, 9.17) is 4.84 Å². The SMILES string of the molecule is CCONC(=C1CCN(C2(C)CCN(C(=O)c3cc(=O)c4cc(CC)ccc4[nH]3)CC2)CC1)c1ccc(Br)cc1. The van der Waals surface area contributed by atoms with Crippen LogP contribution in [0.3, 0.4) is 0 Å². The fraction of sp³-hybridized carbons (Fsp3) is 0.438. The lowest BCUT2D eigenvalue weighted by Gasteiger charge is -2.48. The molecule has 2 aliphatic heterocycles. The van der Waals surface area contributed by atoms with Gasteiger partial charge >= 0.3 is 0 Å². The van der Waals surface area contributed by atoms with Gasteiger partial charge in [0.1, 0.15) is 5.69 Å². The number of aromatic nitrogens is 1. The van der Waals surface area contributed by atoms with Gasteiger partial charge in [-0.1, -0.05) is 41.1 Å². The van der Waals surface area contributed by atoms with Crippen LogP contribution in [-0.2, 0) is 11.3 Å². The fourth-order valence-electron chi connectivity index (χ4n) is 5.97. The van der Waals surface area contributed by atoms with E-state index in [0.29, 0.717) is 36.3 Å². The van der Waals surface area contributed by atoms with Gasteiger partial charge in [0.25, 0.3) is 5.91 Å². The van der Waals surface area contributed by atoms with E-state index in [2.05, 4.69) is 69.4 Å². The standard InChI is InChI=1S/C32H39BrN4O3/c1-4-22-6-11-27-26(20-22)29(38)21-28(34-27)31(39)36-18-14-32(3,15-19-36)37-16-12-24(13-17-37)30(35-40-5-2)23-7-9-25(33)10-8-23/h6-11,20-21,35H,4-5,12-19H2,1-3H3,(H,34,38). The summed E-state index contributed by atoms with van der Waals surface area (Å²) >= 11 is 3.53. The maximum absolute atomic E-state index is 13.4. The molecule has 8 heteroatoms. The summed E-state index contributed by atoms with van der Waals surface area (Å²) in [5.74, 6) is -0.0920. The number of benzene rings is 2. The molecule has 1 aromatic heterocycles. The molecule has 3 heterocycles. The van der Waals surface area contributed by atoms with Gasteiger partial charge in [0.2, 0.25) is 0 Å². The minimum atomic E-state index is -0.104. The molecule has 0 unspecified atom stereocenters. The van der Waals surface area contributed by atoms with Gasteiger partial charge in [0.15, 0.2) is 5.43 Å². The monoisotopic (exact) mass is 606 g/mol. The summed E-state index contributed by atoms with van der Waals surface area (Å²) in [5, 5.41) is 0.639. The minimum absolute atomic E-state index is 0.0424. The topological polar surface area (TPSA) is 77.7 Å². The smallest absolute Gasteiger partial charge is 0.270 e. The summed E-state index contributed by atoms with van der Waals surface area (Å²) < 4.78 is 1.06. The Balaban J connectivity index is 1.24. The Morgan fingerprint density at radius 3 is 2.38 bits per heavy atom. The molecule has 0 bridgehead atoms. The second-order valence-electron chi connectivity index (χ2n) is 11.1. The third kappa shape index (κ3) is 6.04. The van der Waals surface area contributed by atoms with E-state index in [1.54, 1.807) is 0 Å². The first-order valence-electron chi connectivity index (χ1n) is 14.4. The van der Waals surface area contributed by atoms with Crippen molar-refractivity contribution in [3.05, 3.63) is 85.6 Å². The number of amides is 1. The molecule has 2 aliphatic rings. The quantitative estimate of drug-likeness (QED) is 0.328. The number of aromatic amines is 1. The molecule has 7 nitrogen and oxygen atoms in total. The van der Waals surface area contributed by atoms with Crippen molar-refractivity contribution < 1.29 is 9.63 Å². The lowest BCUT2D eigenvalue weighted by molar-refractivity contribution is 0.0253. The van der Waals surface area contributed by atoms with Gasteiger partial charge in [-0.25, -0.2) is 0 Å². The first kappa shape index (κ1) is 28.6. The first-order chi connectivity index (χ1) is 19.3. The number of nitrogens with one attached hydrogen (secondary N) is 2. The van der Waals surface area contributed by atoms with Crippen LogP contribution in [0.5, 0.6) is 0 Å². The van der Waals surface area contributed by atoms with E-state index in [9.17, 15) is 9.59 Å². The maximum Gasteiger partial charge on any atom is 0.270 e. The highest BCUT2D eigenvalue weighted by Crippen LogP contribution is 2.34. The summed E-state index contributed by atoms with van der Waals surface area (Å²) in [5.41, 5.74) is 8.95. The Kier molecular flexibility index (Phi) is 8.78. The molecule has 0 atom stereocenters. The van der Waals surface area contributed by atoms with E-state index in [1.165, 1.54) is 11.6 Å². The van der Waals surface area contributed by atoms with Gasteiger partial charge in [-0.15, -0.1) is 0 Å². The van der Waals surface area contributed by atoms with Crippen LogP contribution in [0.2, 0.25) is 0 Å². The minimum Gasteiger partial charge on any atom is -0.350 e. The third-order valence-corrected chi connectivity index (χ3v) is 9.12. The number of carbonyl (C=O) groups excluding carboxylic acids is 1. The Morgan fingerprint density at radius 1 is 1.02 bits per heavy atom. The molecule has 3 aromatic rings. The predicted molar refractivity (Wildman–Crippen MR) is 164 cm³/mol. The number of hydrogen-bond donors (Lipinski definition) is 2. The van der Waals surface area contributed by atoms with E-state index >= 15 is 0 Å². The number of H-pyrrole nitrogens is 1. The number of aryl methyl sites for hydroxylation is 1. The number of piperidine rings is 2. The zero-order valence-electron chi connectivity index (χ0n) is 23.7. The number of hydrogen-bond acceptors (Lipinski definition) is 5. The van der Waals surface area contributed by atoms with Crippen molar-refractivity contribution in [2.24, 2.45) is 0 Å². The molecule has 2 N–H and O–H groups in total. The van der Waals surface area contributed by atoms with E-state index in [1.807, 2.05) is 30.0 Å². The van der Waals surface area contributed by atoms with Crippen LogP contribution >= 0.6 is 15.9 Å². The van der Waals surface area contributed by atoms with Crippen LogP contribution in [-0.4, -0.2) is 59.0 Å². The van der Waals surface area contributed by atoms with Crippen molar-refractivity contribution in [3.63, 3.8) is 0 Å². The number of fused-ring (bicyclic) bond motifs is 1. The van der Waals surface area contributed by atoms with Gasteiger partial charge in [0, 0.05) is 53.2 Å². The Bertz CT molecular complexity index is 1450. The van der Waals surface area contributed by atoms with Gasteiger partial charge in [-0.05, 0) is 86.9 Å². The molecule has 212 valence electrons. The molecule has 1 amide bonds. The highest BCUT2D eigenvalue weighted by Gasteiger charge is 2.38. The highest BCUT2D eigenvalue weighted by atomic mass is 79.9. The van der Waals surface area contributed by atoms with Crippen molar-refractivity contribution in [1.29, 1.82) is 0 Å². The van der Waals surface area contributed by atoms with Crippen molar-refractivity contribution in [2.75, 3.05) is 32.8 Å². The Hall–Kier alpha value is -2.94. The van der Waals surface area contributed by atoms with Crippen LogP contribution in [0.1, 0.15) is 68.1 Å². The molecule has 0 aliphatic carbocycles. The lowest BCUT2D eigenvalue weighted by Crippen LogP contribution is -2.56. The number of halogens is 1. The Morgan fingerprint density at radius 2 is 1.73 bits per heavy atom. The number of pyridine rings is 1. The van der Waals surface area contributed by atoms with Gasteiger partial charge in [-0.3, -0.25) is 24.8 Å². The van der Waals surface area contributed by atoms with Gasteiger partial charge in [-0.2, -0.15) is 0 Å². The highest BCUT2D eigenvalue weighted by molar-refractivity contribution is 9.10. The number of likely N-dealkylation sites (tertiary alicyclic amines) is 2. The molecule has 5 rings (SSSR count). The molecule has 0 radical (unpaired) electrons. The first-order valence-corrected chi connectivity index (χ1v) is 15.2. The zero-order valence-corrected chi connectivity index (χ0v) is 25.3. The predicted octanol–water partition coefficient (Wildman–Crippen LogP) is 5.90. The molecule has 0 saturated carbocycles. The summed E-state index contributed by atoms with van der Waals surface area (Å²) in [4.78, 5) is 39.5. The second kappa shape index (κ2) is 12.3. The average Bonchev–Trinajstić information content (AvgIpc) is 2.98. The number of hydroxylamine groups is 1. The largest absolute Gasteiger partial charge is 0.350 e. The normalized spacial score (nSPS) is 17.7. The molecule has 2 saturated heterocycles. The summed E-state index contributed by atoms with van der Waals surface area (Å²) in [6, 6.07) is 15.7. The molecular formula is C32H39BrN4O3. The summed E-state index contributed by atoms with van der Waals surface area (Å²) in [6.07, 6.45) is 4.63. The Labute approximate surface area is 244 Å². The molecule has 0 spiro atoms. The van der Waals surface area contributed by atoms with Crippen molar-refractivity contribution in [2.45, 2.75) is 58.4 Å². The second-order valence-corrected chi connectivity index (χ2v) is 12.0. The van der Waals surface area contributed by atoms with E-state index in [0.717, 1.165) is 66.5 Å². The third-order valence-electron chi connectivity index (χ3n) is 8.60. The van der Waals surface area contributed by atoms with Crippen molar-refractivity contribution in [3.8, 4) is 0 Å². The number of carbonyl (C=O) groups is 1. The van der Waals surface area contributed by atoms with Crippen LogP contribution in [0.4, 0.5) is 0 Å². The van der Waals surface area contributed by atoms with E-state index < -0.39 is 0 Å². The summed E-state index contributed by atoms with van der Waals surface area (Å²) in [7, 11) is 0. The van der Waals surface area contributed by atoms with Crippen molar-refractivity contribution >= 4 is 38.4 Å². The average molecular weight is 608 g/mol. The van der Waals surface area contributed by atoms with Crippen LogP contribution in [0.25, 0.3) is 16.6 Å². The summed E-state index contributed by atoms with van der Waals surface area (Å²) in [6.45, 7) is 10.3.